The maximum absolute atomic E-state index is 11.3. The Hall–Kier alpha value is -0.393. The summed E-state index contributed by atoms with van der Waals surface area (Å²) in [6.07, 6.45) is 1.26. The number of hydrogen-bond acceptors (Lipinski definition) is 4. The Balaban J connectivity index is 2.47. The topological polar surface area (TPSA) is 44.8 Å². The molecule has 5 heteroatoms. The van der Waals surface area contributed by atoms with Crippen LogP contribution in [-0.4, -0.2) is 40.2 Å². The monoisotopic (exact) mass is 274 g/mol. The second-order valence-corrected chi connectivity index (χ2v) is 11.2. The highest BCUT2D eigenvalue weighted by atomic mass is 28.4. The number of rotatable bonds is 3. The fourth-order valence-electron chi connectivity index (χ4n) is 1.73. The second kappa shape index (κ2) is 5.71. The molecule has 1 fully saturated rings. The molecule has 4 nitrogen and oxygen atoms in total. The normalized spacial score (nSPS) is 25.9. The minimum atomic E-state index is -1.75. The van der Waals surface area contributed by atoms with E-state index in [2.05, 4.69) is 38.6 Å². The number of esters is 1. The predicted octanol–water partition coefficient (Wildman–Crippen LogP) is 2.73. The molecule has 0 saturated carbocycles. The molecule has 1 aliphatic heterocycles. The van der Waals surface area contributed by atoms with Crippen LogP contribution in [0.25, 0.3) is 0 Å². The van der Waals surface area contributed by atoms with Gasteiger partial charge in [-0.2, -0.15) is 0 Å². The minimum Gasteiger partial charge on any atom is -0.467 e. The van der Waals surface area contributed by atoms with Gasteiger partial charge in [-0.05, 0) is 31.0 Å². The molecule has 0 aliphatic carbocycles. The van der Waals surface area contributed by atoms with Gasteiger partial charge < -0.3 is 13.9 Å². The molecule has 1 rings (SSSR count). The van der Waals surface area contributed by atoms with Gasteiger partial charge in [0.25, 0.3) is 0 Å². The Labute approximate surface area is 111 Å². The van der Waals surface area contributed by atoms with Gasteiger partial charge in [0.1, 0.15) is 0 Å². The summed E-state index contributed by atoms with van der Waals surface area (Å²) in [6, 6.07) is 0. The van der Waals surface area contributed by atoms with Gasteiger partial charge in [0.05, 0.1) is 19.8 Å². The van der Waals surface area contributed by atoms with Gasteiger partial charge in [-0.15, -0.1) is 0 Å². The molecule has 1 heterocycles. The first kappa shape index (κ1) is 15.7. The van der Waals surface area contributed by atoms with Gasteiger partial charge in [0.15, 0.2) is 14.4 Å². The van der Waals surface area contributed by atoms with Crippen molar-refractivity contribution in [3.8, 4) is 0 Å². The van der Waals surface area contributed by atoms with Crippen molar-refractivity contribution in [1.29, 1.82) is 0 Å². The lowest BCUT2D eigenvalue weighted by atomic mass is 10.1. The highest BCUT2D eigenvalue weighted by Crippen LogP contribution is 2.38. The number of hydrogen-bond donors (Lipinski definition) is 0. The Morgan fingerprint density at radius 2 is 1.89 bits per heavy atom. The molecule has 1 aliphatic rings. The molecule has 0 aromatic heterocycles. The van der Waals surface area contributed by atoms with Gasteiger partial charge in [-0.25, -0.2) is 4.79 Å². The number of carbonyl (C=O) groups is 1. The first-order valence-electron chi connectivity index (χ1n) is 6.54. The van der Waals surface area contributed by atoms with E-state index in [1.165, 1.54) is 7.11 Å². The average molecular weight is 274 g/mol. The molecule has 0 N–H and O–H groups in total. The van der Waals surface area contributed by atoms with Crippen LogP contribution in [0.15, 0.2) is 0 Å². The van der Waals surface area contributed by atoms with Gasteiger partial charge in [-0.1, -0.05) is 20.8 Å². The lowest BCUT2D eigenvalue weighted by Gasteiger charge is -2.40. The van der Waals surface area contributed by atoms with Crippen molar-refractivity contribution in [2.75, 3.05) is 13.7 Å². The lowest BCUT2D eigenvalue weighted by molar-refractivity contribution is -0.160. The van der Waals surface area contributed by atoms with E-state index in [4.69, 9.17) is 9.16 Å². The van der Waals surface area contributed by atoms with Crippen molar-refractivity contribution < 1.29 is 18.7 Å². The molecule has 0 aromatic carbocycles. The molecular formula is C13H26O4Si. The molecule has 1 saturated heterocycles. The zero-order valence-corrected chi connectivity index (χ0v) is 13.4. The second-order valence-electron chi connectivity index (χ2n) is 6.42. The van der Waals surface area contributed by atoms with Crippen LogP contribution in [0.3, 0.4) is 0 Å². The molecule has 0 spiro atoms. The molecule has 0 amide bonds. The smallest absolute Gasteiger partial charge is 0.334 e. The van der Waals surface area contributed by atoms with Crippen molar-refractivity contribution in [2.24, 2.45) is 0 Å². The molecular weight excluding hydrogens is 248 g/mol. The summed E-state index contributed by atoms with van der Waals surface area (Å²) in [7, 11) is -0.353. The van der Waals surface area contributed by atoms with Gasteiger partial charge in [0, 0.05) is 0 Å². The Morgan fingerprint density at radius 1 is 1.28 bits per heavy atom. The molecule has 0 aromatic rings. The third kappa shape index (κ3) is 3.80. The Kier molecular flexibility index (Phi) is 4.97. The summed E-state index contributed by atoms with van der Waals surface area (Å²) in [5.74, 6) is -0.277. The van der Waals surface area contributed by atoms with Crippen molar-refractivity contribution in [3.05, 3.63) is 0 Å². The molecule has 0 radical (unpaired) electrons. The van der Waals surface area contributed by atoms with Crippen LogP contribution >= 0.6 is 0 Å². The zero-order valence-electron chi connectivity index (χ0n) is 12.4. The summed E-state index contributed by atoms with van der Waals surface area (Å²) in [6.45, 7) is 11.6. The summed E-state index contributed by atoms with van der Waals surface area (Å²) in [4.78, 5) is 11.3. The van der Waals surface area contributed by atoms with Crippen molar-refractivity contribution in [1.82, 2.24) is 0 Å². The summed E-state index contributed by atoms with van der Waals surface area (Å²) in [5, 5.41) is 0.201. The highest BCUT2D eigenvalue weighted by molar-refractivity contribution is 6.74. The van der Waals surface area contributed by atoms with Crippen LogP contribution in [0.1, 0.15) is 33.6 Å². The standard InChI is InChI=1S/C13H26O4Si/c1-13(2,3)18(5,6)17-10-7-8-11(16-9-10)12(14)15-4/h10-11H,7-9H2,1-6H3/t10?,11-/m0/s1. The summed E-state index contributed by atoms with van der Waals surface area (Å²) < 4.78 is 16.5. The highest BCUT2D eigenvalue weighted by Gasteiger charge is 2.40. The van der Waals surface area contributed by atoms with E-state index in [1.54, 1.807) is 0 Å². The van der Waals surface area contributed by atoms with E-state index >= 15 is 0 Å². The van der Waals surface area contributed by atoms with Crippen LogP contribution in [0.5, 0.6) is 0 Å². The quantitative estimate of drug-likeness (QED) is 0.586. The van der Waals surface area contributed by atoms with Crippen LogP contribution < -0.4 is 0 Å². The van der Waals surface area contributed by atoms with Crippen LogP contribution in [-0.2, 0) is 18.7 Å². The summed E-state index contributed by atoms with van der Waals surface area (Å²) in [5.41, 5.74) is 0. The van der Waals surface area contributed by atoms with Gasteiger partial charge in [0.2, 0.25) is 0 Å². The number of carbonyl (C=O) groups excluding carboxylic acids is 1. The van der Waals surface area contributed by atoms with Crippen LogP contribution in [0.4, 0.5) is 0 Å². The zero-order chi connectivity index (χ0) is 14.0. The fourth-order valence-corrected chi connectivity index (χ4v) is 3.10. The lowest BCUT2D eigenvalue weighted by Crippen LogP contribution is -2.47. The molecule has 18 heavy (non-hydrogen) atoms. The van der Waals surface area contributed by atoms with E-state index in [0.717, 1.165) is 6.42 Å². The number of methoxy groups -OCH3 is 1. The van der Waals surface area contributed by atoms with Crippen molar-refractivity contribution >= 4 is 14.3 Å². The minimum absolute atomic E-state index is 0.117. The molecule has 2 atom stereocenters. The maximum Gasteiger partial charge on any atom is 0.334 e. The van der Waals surface area contributed by atoms with E-state index < -0.39 is 14.4 Å². The van der Waals surface area contributed by atoms with Crippen LogP contribution in [0, 0.1) is 0 Å². The first-order valence-corrected chi connectivity index (χ1v) is 9.45. The largest absolute Gasteiger partial charge is 0.467 e. The molecule has 0 bridgehead atoms. The van der Waals surface area contributed by atoms with Crippen LogP contribution in [0.2, 0.25) is 18.1 Å². The average Bonchev–Trinajstić information content (AvgIpc) is 2.27. The van der Waals surface area contributed by atoms with Gasteiger partial charge in [-0.3, -0.25) is 0 Å². The summed E-state index contributed by atoms with van der Waals surface area (Å²) >= 11 is 0. The van der Waals surface area contributed by atoms with E-state index in [9.17, 15) is 4.79 Å². The first-order chi connectivity index (χ1) is 8.17. The SMILES string of the molecule is COC(=O)[C@@H]1CCC(O[Si](C)(C)C(C)(C)C)CO1. The fraction of sp³-hybridized carbons (Fsp3) is 0.923. The number of ether oxygens (including phenoxy) is 2. The molecule has 106 valence electrons. The Bertz CT molecular complexity index is 288. The van der Waals surface area contributed by atoms with Gasteiger partial charge >= 0.3 is 5.97 Å². The Morgan fingerprint density at radius 3 is 2.28 bits per heavy atom. The predicted molar refractivity (Wildman–Crippen MR) is 73.1 cm³/mol. The third-order valence-corrected chi connectivity index (χ3v) is 8.50. The third-order valence-electron chi connectivity index (χ3n) is 3.97. The van der Waals surface area contributed by atoms with E-state index in [1.807, 2.05) is 0 Å². The van der Waals surface area contributed by atoms with E-state index in [0.29, 0.717) is 13.0 Å². The van der Waals surface area contributed by atoms with Crippen molar-refractivity contribution in [2.45, 2.75) is 64.0 Å². The molecule has 1 unspecified atom stereocenters. The van der Waals surface area contributed by atoms with E-state index in [-0.39, 0.29) is 17.1 Å². The maximum atomic E-state index is 11.3. The van der Waals surface area contributed by atoms with Crippen molar-refractivity contribution in [3.63, 3.8) is 0 Å².